The average molecular weight is 727 g/mol. The summed E-state index contributed by atoms with van der Waals surface area (Å²) in [6, 6.07) is 7.65. The third kappa shape index (κ3) is 12.2. The van der Waals surface area contributed by atoms with Gasteiger partial charge in [0.1, 0.15) is 24.8 Å². The summed E-state index contributed by atoms with van der Waals surface area (Å²) in [4.78, 5) is 56.6. The molecule has 48 heavy (non-hydrogen) atoms. The fourth-order valence-electron chi connectivity index (χ4n) is 5.17. The Bertz CT molecular complexity index is 1500. The van der Waals surface area contributed by atoms with Crippen LogP contribution in [-0.4, -0.2) is 88.3 Å². The molecule has 2 heterocycles. The second kappa shape index (κ2) is 17.1. The zero-order chi connectivity index (χ0) is 35.8. The molecular weight excluding hydrogens is 681 g/mol. The van der Waals surface area contributed by atoms with E-state index in [0.717, 1.165) is 16.5 Å². The number of pyridine rings is 1. The van der Waals surface area contributed by atoms with Gasteiger partial charge in [-0.15, -0.1) is 0 Å². The van der Waals surface area contributed by atoms with Crippen LogP contribution in [0.1, 0.15) is 65.8 Å². The van der Waals surface area contributed by atoms with Gasteiger partial charge in [0.2, 0.25) is 15.6 Å². The van der Waals surface area contributed by atoms with Crippen LogP contribution in [0.25, 0.3) is 17.0 Å². The fraction of sp³-hybridized carbons (Fsp3) is 0.559. The number of hydrogen-bond acceptors (Lipinski definition) is 9. The van der Waals surface area contributed by atoms with E-state index in [9.17, 15) is 19.2 Å². The van der Waals surface area contributed by atoms with Crippen LogP contribution in [0.3, 0.4) is 0 Å². The first kappa shape index (κ1) is 39.5. The molecule has 2 amide bonds. The van der Waals surface area contributed by atoms with Gasteiger partial charge < -0.3 is 30.3 Å². The van der Waals surface area contributed by atoms with E-state index in [1.165, 1.54) is 11.8 Å². The van der Waals surface area contributed by atoms with E-state index in [1.807, 2.05) is 50.3 Å². The van der Waals surface area contributed by atoms with Crippen LogP contribution in [0.2, 0.25) is 0 Å². The number of piperazine rings is 1. The number of alkyl halides is 3. The molecule has 3 N–H and O–H groups in total. The maximum absolute atomic E-state index is 13.4. The molecular formula is C34H46Cl3N5O6. The summed E-state index contributed by atoms with van der Waals surface area (Å²) < 4.78 is 8.60. The lowest BCUT2D eigenvalue weighted by Crippen LogP contribution is -2.60. The van der Waals surface area contributed by atoms with E-state index >= 15 is 0 Å². The summed E-state index contributed by atoms with van der Waals surface area (Å²) in [5, 5.41) is 10.2. The lowest BCUT2D eigenvalue weighted by molar-refractivity contribution is -0.149. The number of carbonyl (C=O) groups is 4. The van der Waals surface area contributed by atoms with Gasteiger partial charge in [-0.2, -0.15) is 0 Å². The van der Waals surface area contributed by atoms with E-state index < -0.39 is 40.6 Å². The molecule has 1 aromatic heterocycles. The molecule has 1 aliphatic heterocycles. The lowest BCUT2D eigenvalue weighted by Gasteiger charge is -2.35. The number of carbonyl (C=O) groups excluding carboxylic acids is 4. The highest BCUT2D eigenvalue weighted by Gasteiger charge is 2.34. The molecule has 4 atom stereocenters. The maximum atomic E-state index is 13.4. The summed E-state index contributed by atoms with van der Waals surface area (Å²) in [6.45, 7) is 13.7. The molecule has 1 fully saturated rings. The van der Waals surface area contributed by atoms with E-state index in [0.29, 0.717) is 25.3 Å². The summed E-state index contributed by atoms with van der Waals surface area (Å²) in [6.07, 6.45) is 3.65. The molecule has 11 nitrogen and oxygen atoms in total. The first-order valence-electron chi connectivity index (χ1n) is 15.9. The Hall–Kier alpha value is -2.96. The minimum Gasteiger partial charge on any atom is -0.460 e. The van der Waals surface area contributed by atoms with Crippen LogP contribution in [0.15, 0.2) is 36.4 Å². The number of halogens is 3. The van der Waals surface area contributed by atoms with Crippen molar-refractivity contribution < 1.29 is 28.7 Å². The van der Waals surface area contributed by atoms with Gasteiger partial charge in [0.05, 0.1) is 17.3 Å². The normalized spacial score (nSPS) is 17.6. The van der Waals surface area contributed by atoms with Crippen molar-refractivity contribution in [2.24, 2.45) is 11.3 Å². The van der Waals surface area contributed by atoms with Crippen molar-refractivity contribution in [1.29, 1.82) is 0 Å². The smallest absolute Gasteiger partial charge is 0.325 e. The standard InChI is InChI=1S/C34H46Cl3N5O6/c1-20(2)29(30(44)40-21(3)31(45)42-15-14-38-28(17-42)32(46)47-19-34(35,36)37)39-18-33(6,7)13-12-24-8-9-25-10-11-26(41-27(25)16-24)22(4)48-23(5)43/h8-13,16,20-22,28-29,38-39H,14-15,17-19H2,1-7H3,(H,40,44)/b13-12+/t21-,22+,28-,29-/m0/s1. The number of rotatable bonds is 13. The Labute approximate surface area is 297 Å². The van der Waals surface area contributed by atoms with Gasteiger partial charge in [0.25, 0.3) is 0 Å². The molecule has 1 aliphatic rings. The topological polar surface area (TPSA) is 139 Å². The third-order valence-corrected chi connectivity index (χ3v) is 8.16. The highest BCUT2D eigenvalue weighted by Crippen LogP contribution is 2.26. The molecule has 0 bridgehead atoms. The second-order valence-corrected chi connectivity index (χ2v) is 15.6. The van der Waals surface area contributed by atoms with Gasteiger partial charge in [0.15, 0.2) is 0 Å². The minimum atomic E-state index is -1.74. The van der Waals surface area contributed by atoms with Crippen molar-refractivity contribution in [1.82, 2.24) is 25.8 Å². The third-order valence-electron chi connectivity index (χ3n) is 7.83. The lowest BCUT2D eigenvalue weighted by atomic mass is 9.90. The van der Waals surface area contributed by atoms with Crippen LogP contribution in [-0.2, 0) is 28.7 Å². The predicted molar refractivity (Wildman–Crippen MR) is 189 cm³/mol. The van der Waals surface area contributed by atoms with Crippen LogP contribution in [0, 0.1) is 11.3 Å². The molecule has 1 aromatic carbocycles. The van der Waals surface area contributed by atoms with Crippen molar-refractivity contribution >= 4 is 75.5 Å². The summed E-state index contributed by atoms with van der Waals surface area (Å²) in [5.41, 5.74) is 2.09. The molecule has 0 unspecified atom stereocenters. The number of nitrogens with one attached hydrogen (secondary N) is 3. The van der Waals surface area contributed by atoms with Crippen LogP contribution >= 0.6 is 34.8 Å². The molecule has 3 rings (SSSR count). The van der Waals surface area contributed by atoms with Gasteiger partial charge in [-0.05, 0) is 42.9 Å². The van der Waals surface area contributed by atoms with Crippen molar-refractivity contribution in [3.8, 4) is 0 Å². The predicted octanol–water partition coefficient (Wildman–Crippen LogP) is 4.73. The molecule has 0 spiro atoms. The monoisotopic (exact) mass is 725 g/mol. The SMILES string of the molecule is CC(=O)O[C@H](C)c1ccc2ccc(/C=C/C(C)(C)CN[C@H](C(=O)N[C@@H](C)C(=O)N3CCN[C@H](C(=O)OCC(Cl)(Cl)Cl)C3)C(C)C)cc2n1. The minimum absolute atomic E-state index is 0.0570. The zero-order valence-corrected chi connectivity index (χ0v) is 30.7. The van der Waals surface area contributed by atoms with Gasteiger partial charge in [-0.25, -0.2) is 4.98 Å². The van der Waals surface area contributed by atoms with Crippen molar-refractivity contribution in [2.75, 3.05) is 32.8 Å². The fourth-order valence-corrected chi connectivity index (χ4v) is 5.34. The van der Waals surface area contributed by atoms with Crippen LogP contribution in [0.5, 0.6) is 0 Å². The number of ether oxygens (including phenoxy) is 2. The quantitative estimate of drug-likeness (QED) is 0.198. The van der Waals surface area contributed by atoms with E-state index in [-0.39, 0.29) is 35.7 Å². The molecule has 0 aliphatic carbocycles. The molecule has 2 aromatic rings. The van der Waals surface area contributed by atoms with Gasteiger partial charge in [0, 0.05) is 38.5 Å². The van der Waals surface area contributed by atoms with E-state index in [1.54, 1.807) is 13.8 Å². The molecule has 0 radical (unpaired) electrons. The van der Waals surface area contributed by atoms with E-state index in [4.69, 9.17) is 49.3 Å². The number of nitrogens with zero attached hydrogens (tertiary/aromatic N) is 2. The Morgan fingerprint density at radius 3 is 2.44 bits per heavy atom. The molecule has 0 saturated carbocycles. The highest BCUT2D eigenvalue weighted by molar-refractivity contribution is 6.67. The summed E-state index contributed by atoms with van der Waals surface area (Å²) in [5.74, 6) is -1.65. The highest BCUT2D eigenvalue weighted by atomic mass is 35.6. The Morgan fingerprint density at radius 2 is 1.79 bits per heavy atom. The zero-order valence-electron chi connectivity index (χ0n) is 28.4. The molecule has 14 heteroatoms. The maximum Gasteiger partial charge on any atom is 0.325 e. The van der Waals surface area contributed by atoms with Crippen molar-refractivity contribution in [3.05, 3.63) is 47.7 Å². The van der Waals surface area contributed by atoms with Gasteiger partial charge in [-0.3, -0.25) is 19.2 Å². The number of aromatic nitrogens is 1. The number of amides is 2. The summed E-state index contributed by atoms with van der Waals surface area (Å²) in [7, 11) is 0. The second-order valence-electron chi connectivity index (χ2n) is 13.1. The van der Waals surface area contributed by atoms with E-state index in [2.05, 4.69) is 35.9 Å². The molecule has 1 saturated heterocycles. The molecule has 264 valence electrons. The first-order valence-corrected chi connectivity index (χ1v) is 17.0. The Balaban J connectivity index is 1.58. The Morgan fingerprint density at radius 1 is 1.10 bits per heavy atom. The van der Waals surface area contributed by atoms with Crippen LogP contribution in [0.4, 0.5) is 0 Å². The van der Waals surface area contributed by atoms with Gasteiger partial charge >= 0.3 is 11.9 Å². The van der Waals surface area contributed by atoms with Crippen molar-refractivity contribution in [3.63, 3.8) is 0 Å². The number of hydrogen-bond donors (Lipinski definition) is 3. The summed E-state index contributed by atoms with van der Waals surface area (Å²) >= 11 is 17.0. The van der Waals surface area contributed by atoms with Crippen molar-refractivity contribution in [2.45, 2.75) is 76.5 Å². The van der Waals surface area contributed by atoms with Gasteiger partial charge in [-0.1, -0.05) is 92.8 Å². The van der Waals surface area contributed by atoms with Crippen LogP contribution < -0.4 is 16.0 Å². The first-order chi connectivity index (χ1) is 22.3. The largest absolute Gasteiger partial charge is 0.460 e. The number of fused-ring (bicyclic) bond motifs is 1. The number of esters is 2. The number of benzene rings is 1. The Kier molecular flexibility index (Phi) is 14.1. The average Bonchev–Trinajstić information content (AvgIpc) is 3.01.